The SMILES string of the molecule is CCC1CCC(O)(CCC(C)(C)C)C1. The molecule has 1 N–H and O–H groups in total. The Morgan fingerprint density at radius 1 is 1.36 bits per heavy atom. The van der Waals surface area contributed by atoms with Crippen LogP contribution in [0, 0.1) is 11.3 Å². The molecule has 0 aromatic heterocycles. The average molecular weight is 198 g/mol. The first-order valence-electron chi connectivity index (χ1n) is 6.07. The summed E-state index contributed by atoms with van der Waals surface area (Å²) in [6.07, 6.45) is 6.67. The van der Waals surface area contributed by atoms with Gasteiger partial charge < -0.3 is 5.11 Å². The van der Waals surface area contributed by atoms with Crippen molar-refractivity contribution < 1.29 is 5.11 Å². The molecule has 0 heterocycles. The van der Waals surface area contributed by atoms with E-state index in [0.29, 0.717) is 5.41 Å². The zero-order valence-corrected chi connectivity index (χ0v) is 10.3. The molecule has 1 saturated carbocycles. The van der Waals surface area contributed by atoms with E-state index in [2.05, 4.69) is 27.7 Å². The quantitative estimate of drug-likeness (QED) is 0.732. The molecule has 14 heavy (non-hydrogen) atoms. The van der Waals surface area contributed by atoms with Crippen LogP contribution in [0.25, 0.3) is 0 Å². The Hall–Kier alpha value is -0.0400. The molecule has 2 atom stereocenters. The summed E-state index contributed by atoms with van der Waals surface area (Å²) >= 11 is 0. The van der Waals surface area contributed by atoms with E-state index in [-0.39, 0.29) is 5.60 Å². The monoisotopic (exact) mass is 198 g/mol. The minimum absolute atomic E-state index is 0.325. The fourth-order valence-electron chi connectivity index (χ4n) is 2.40. The van der Waals surface area contributed by atoms with Gasteiger partial charge in [-0.05, 0) is 43.4 Å². The first-order valence-corrected chi connectivity index (χ1v) is 6.07. The van der Waals surface area contributed by atoms with Crippen molar-refractivity contribution in [3.63, 3.8) is 0 Å². The molecule has 1 fully saturated rings. The summed E-state index contributed by atoms with van der Waals surface area (Å²) in [6, 6.07) is 0. The van der Waals surface area contributed by atoms with Crippen LogP contribution in [0.4, 0.5) is 0 Å². The van der Waals surface area contributed by atoms with Crippen LogP contribution in [-0.2, 0) is 0 Å². The van der Waals surface area contributed by atoms with Crippen molar-refractivity contribution in [1.29, 1.82) is 0 Å². The van der Waals surface area contributed by atoms with E-state index in [9.17, 15) is 5.11 Å². The van der Waals surface area contributed by atoms with E-state index >= 15 is 0 Å². The summed E-state index contributed by atoms with van der Waals surface area (Å²) in [4.78, 5) is 0. The Balaban J connectivity index is 2.37. The van der Waals surface area contributed by atoms with Crippen LogP contribution in [0.3, 0.4) is 0 Å². The summed E-state index contributed by atoms with van der Waals surface area (Å²) < 4.78 is 0. The van der Waals surface area contributed by atoms with Crippen LogP contribution in [0.1, 0.15) is 66.2 Å². The lowest BCUT2D eigenvalue weighted by atomic mass is 9.83. The molecule has 2 unspecified atom stereocenters. The maximum Gasteiger partial charge on any atom is 0.0650 e. The first kappa shape index (κ1) is 12.0. The number of hydrogen-bond acceptors (Lipinski definition) is 1. The van der Waals surface area contributed by atoms with Gasteiger partial charge in [-0.1, -0.05) is 34.1 Å². The number of rotatable bonds is 3. The van der Waals surface area contributed by atoms with Crippen LogP contribution < -0.4 is 0 Å². The van der Waals surface area contributed by atoms with Crippen LogP contribution in [0.15, 0.2) is 0 Å². The lowest BCUT2D eigenvalue weighted by molar-refractivity contribution is 0.0238. The van der Waals surface area contributed by atoms with E-state index in [1.165, 1.54) is 12.8 Å². The van der Waals surface area contributed by atoms with Gasteiger partial charge in [0, 0.05) is 0 Å². The van der Waals surface area contributed by atoms with Crippen molar-refractivity contribution in [3.05, 3.63) is 0 Å². The highest BCUT2D eigenvalue weighted by atomic mass is 16.3. The van der Waals surface area contributed by atoms with Gasteiger partial charge >= 0.3 is 0 Å². The third-order valence-corrected chi connectivity index (χ3v) is 3.60. The fourth-order valence-corrected chi connectivity index (χ4v) is 2.40. The molecular formula is C13H26O. The topological polar surface area (TPSA) is 20.2 Å². The second kappa shape index (κ2) is 4.22. The van der Waals surface area contributed by atoms with Crippen molar-refractivity contribution >= 4 is 0 Å². The molecule has 1 aliphatic rings. The molecule has 0 spiro atoms. The fraction of sp³-hybridized carbons (Fsp3) is 1.00. The van der Waals surface area contributed by atoms with Gasteiger partial charge in [-0.3, -0.25) is 0 Å². The normalized spacial score (nSPS) is 33.6. The predicted octanol–water partition coefficient (Wildman–Crippen LogP) is 3.75. The third kappa shape index (κ3) is 3.61. The molecule has 1 aliphatic carbocycles. The van der Waals surface area contributed by atoms with E-state index < -0.39 is 0 Å². The first-order chi connectivity index (χ1) is 6.35. The lowest BCUT2D eigenvalue weighted by Crippen LogP contribution is -2.26. The maximum atomic E-state index is 10.4. The van der Waals surface area contributed by atoms with E-state index in [1.54, 1.807) is 0 Å². The molecule has 0 radical (unpaired) electrons. The summed E-state index contributed by atoms with van der Waals surface area (Å²) in [5, 5.41) is 10.4. The zero-order chi connectivity index (χ0) is 10.8. The third-order valence-electron chi connectivity index (χ3n) is 3.60. The molecule has 0 aromatic rings. The number of aliphatic hydroxyl groups is 1. The Morgan fingerprint density at radius 3 is 2.43 bits per heavy atom. The van der Waals surface area contributed by atoms with Gasteiger partial charge in [0.15, 0.2) is 0 Å². The molecule has 1 heteroatoms. The smallest absolute Gasteiger partial charge is 0.0650 e. The molecule has 1 rings (SSSR count). The standard InChI is InChI=1S/C13H26O/c1-5-11-6-7-13(14,10-11)9-8-12(2,3)4/h11,14H,5-10H2,1-4H3. The van der Waals surface area contributed by atoms with Crippen LogP contribution in [0.2, 0.25) is 0 Å². The van der Waals surface area contributed by atoms with Gasteiger partial charge in [0.05, 0.1) is 5.60 Å². The summed E-state index contributed by atoms with van der Waals surface area (Å²) in [5.41, 5.74) is 0.0357. The van der Waals surface area contributed by atoms with E-state index in [0.717, 1.165) is 31.6 Å². The number of hydrogen-bond donors (Lipinski definition) is 1. The van der Waals surface area contributed by atoms with Crippen molar-refractivity contribution in [3.8, 4) is 0 Å². The molecule has 0 aromatic carbocycles. The molecule has 0 amide bonds. The van der Waals surface area contributed by atoms with E-state index in [1.807, 2.05) is 0 Å². The molecule has 84 valence electrons. The lowest BCUT2D eigenvalue weighted by Gasteiger charge is -2.27. The highest BCUT2D eigenvalue weighted by molar-refractivity contribution is 4.89. The van der Waals surface area contributed by atoms with Gasteiger partial charge in [0.2, 0.25) is 0 Å². The van der Waals surface area contributed by atoms with Gasteiger partial charge in [-0.15, -0.1) is 0 Å². The van der Waals surface area contributed by atoms with Gasteiger partial charge in [-0.2, -0.15) is 0 Å². The minimum Gasteiger partial charge on any atom is -0.390 e. The molecule has 0 saturated heterocycles. The second-order valence-electron chi connectivity index (χ2n) is 6.30. The van der Waals surface area contributed by atoms with Crippen molar-refractivity contribution in [2.24, 2.45) is 11.3 Å². The van der Waals surface area contributed by atoms with E-state index in [4.69, 9.17) is 0 Å². The molecule has 0 aliphatic heterocycles. The highest BCUT2D eigenvalue weighted by Crippen LogP contribution is 2.40. The summed E-state index contributed by atoms with van der Waals surface area (Å²) in [7, 11) is 0. The Kier molecular flexibility index (Phi) is 3.63. The Labute approximate surface area is 88.9 Å². The maximum absolute atomic E-state index is 10.4. The van der Waals surface area contributed by atoms with Gasteiger partial charge in [0.25, 0.3) is 0 Å². The molecular weight excluding hydrogens is 172 g/mol. The summed E-state index contributed by atoms with van der Waals surface area (Å²) in [5.74, 6) is 0.778. The average Bonchev–Trinajstić information content (AvgIpc) is 2.44. The second-order valence-corrected chi connectivity index (χ2v) is 6.30. The van der Waals surface area contributed by atoms with Gasteiger partial charge in [0.1, 0.15) is 0 Å². The Bertz CT molecular complexity index is 180. The van der Waals surface area contributed by atoms with Gasteiger partial charge in [-0.25, -0.2) is 0 Å². The Morgan fingerprint density at radius 2 is 2.00 bits per heavy atom. The van der Waals surface area contributed by atoms with Crippen molar-refractivity contribution in [1.82, 2.24) is 0 Å². The molecule has 0 bridgehead atoms. The zero-order valence-electron chi connectivity index (χ0n) is 10.3. The highest BCUT2D eigenvalue weighted by Gasteiger charge is 2.36. The van der Waals surface area contributed by atoms with Crippen LogP contribution in [-0.4, -0.2) is 10.7 Å². The summed E-state index contributed by atoms with van der Waals surface area (Å²) in [6.45, 7) is 8.99. The van der Waals surface area contributed by atoms with Crippen molar-refractivity contribution in [2.45, 2.75) is 71.8 Å². The van der Waals surface area contributed by atoms with Crippen molar-refractivity contribution in [2.75, 3.05) is 0 Å². The largest absolute Gasteiger partial charge is 0.390 e. The molecule has 1 nitrogen and oxygen atoms in total. The van der Waals surface area contributed by atoms with Crippen LogP contribution in [0.5, 0.6) is 0 Å². The van der Waals surface area contributed by atoms with Crippen LogP contribution >= 0.6 is 0 Å². The predicted molar refractivity (Wildman–Crippen MR) is 61.3 cm³/mol. The minimum atomic E-state index is -0.325.